The van der Waals surface area contributed by atoms with Crippen LogP contribution in [0.2, 0.25) is 0 Å². The standard InChI is InChI=1S/C27H29NO7/c1-15(2)25(28-26(30)18-8-20(32-3)13-21(9-18)33-4)27(31)34-14-19-12-24(29)35-23-11-17-7-5-6-16(17)10-22(19)23/h8-13,15,25H,5-7,14H2,1-4H3,(H,28,30)/t25-/m0/s1. The summed E-state index contributed by atoms with van der Waals surface area (Å²) in [5, 5.41) is 3.51. The molecule has 0 fully saturated rings. The number of nitrogens with one attached hydrogen (secondary N) is 1. The molecule has 184 valence electrons. The number of hydrogen-bond acceptors (Lipinski definition) is 7. The van der Waals surface area contributed by atoms with Gasteiger partial charge in [0.25, 0.3) is 5.91 Å². The van der Waals surface area contributed by atoms with Crippen LogP contribution in [0.5, 0.6) is 11.5 Å². The van der Waals surface area contributed by atoms with Crippen molar-refractivity contribution in [2.45, 2.75) is 45.8 Å². The second-order valence-corrected chi connectivity index (χ2v) is 8.97. The van der Waals surface area contributed by atoms with Crippen LogP contribution in [0.25, 0.3) is 11.0 Å². The molecular weight excluding hydrogens is 450 g/mol. The first-order chi connectivity index (χ1) is 16.8. The van der Waals surface area contributed by atoms with E-state index in [2.05, 4.69) is 5.32 Å². The Bertz CT molecular complexity index is 1300. The highest BCUT2D eigenvalue weighted by Gasteiger charge is 2.27. The van der Waals surface area contributed by atoms with E-state index in [1.807, 2.05) is 26.0 Å². The van der Waals surface area contributed by atoms with Crippen LogP contribution in [0.4, 0.5) is 0 Å². The highest BCUT2D eigenvalue weighted by atomic mass is 16.5. The fourth-order valence-corrected chi connectivity index (χ4v) is 4.31. The molecule has 0 spiro atoms. The Labute approximate surface area is 203 Å². The van der Waals surface area contributed by atoms with Gasteiger partial charge < -0.3 is 23.9 Å². The summed E-state index contributed by atoms with van der Waals surface area (Å²) in [6.45, 7) is 3.52. The van der Waals surface area contributed by atoms with E-state index >= 15 is 0 Å². The molecule has 0 saturated carbocycles. The van der Waals surface area contributed by atoms with Gasteiger partial charge in [0.1, 0.15) is 29.7 Å². The molecule has 0 unspecified atom stereocenters. The summed E-state index contributed by atoms with van der Waals surface area (Å²) in [7, 11) is 2.99. The molecule has 8 heteroatoms. The van der Waals surface area contributed by atoms with Crippen LogP contribution in [0.3, 0.4) is 0 Å². The van der Waals surface area contributed by atoms with Crippen molar-refractivity contribution in [2.75, 3.05) is 14.2 Å². The van der Waals surface area contributed by atoms with Gasteiger partial charge in [0, 0.05) is 28.6 Å². The third kappa shape index (κ3) is 5.31. The number of esters is 1. The molecule has 1 atom stereocenters. The lowest BCUT2D eigenvalue weighted by Crippen LogP contribution is -2.45. The van der Waals surface area contributed by atoms with Crippen LogP contribution in [-0.4, -0.2) is 32.1 Å². The van der Waals surface area contributed by atoms with Crippen molar-refractivity contribution >= 4 is 22.8 Å². The molecule has 1 heterocycles. The lowest BCUT2D eigenvalue weighted by atomic mass is 10.0. The number of hydrogen-bond donors (Lipinski definition) is 1. The van der Waals surface area contributed by atoms with Gasteiger partial charge in [-0.05, 0) is 60.6 Å². The van der Waals surface area contributed by atoms with Gasteiger partial charge in [-0.1, -0.05) is 13.8 Å². The number of methoxy groups -OCH3 is 2. The quantitative estimate of drug-likeness (QED) is 0.387. The number of benzene rings is 2. The van der Waals surface area contributed by atoms with Crippen LogP contribution >= 0.6 is 0 Å². The molecule has 2 aromatic carbocycles. The lowest BCUT2D eigenvalue weighted by Gasteiger charge is -2.21. The Balaban J connectivity index is 1.52. The van der Waals surface area contributed by atoms with Gasteiger partial charge in [0.05, 0.1) is 14.2 Å². The lowest BCUT2D eigenvalue weighted by molar-refractivity contribution is -0.148. The summed E-state index contributed by atoms with van der Waals surface area (Å²) >= 11 is 0. The second kappa shape index (κ2) is 10.2. The highest BCUT2D eigenvalue weighted by molar-refractivity contribution is 5.97. The molecule has 8 nitrogen and oxygen atoms in total. The number of fused-ring (bicyclic) bond motifs is 2. The topological polar surface area (TPSA) is 104 Å². The van der Waals surface area contributed by atoms with Crippen LogP contribution in [0.1, 0.15) is 47.3 Å². The van der Waals surface area contributed by atoms with Gasteiger partial charge in [-0.25, -0.2) is 9.59 Å². The SMILES string of the molecule is COc1cc(OC)cc(C(=O)N[C@H](C(=O)OCc2cc(=O)oc3cc4c(cc23)CCC4)C(C)C)c1. The van der Waals surface area contributed by atoms with Gasteiger partial charge in [-0.2, -0.15) is 0 Å². The van der Waals surface area contributed by atoms with Crippen molar-refractivity contribution in [3.8, 4) is 11.5 Å². The van der Waals surface area contributed by atoms with Gasteiger partial charge in [0.2, 0.25) is 0 Å². The third-order valence-corrected chi connectivity index (χ3v) is 6.23. The Morgan fingerprint density at radius 3 is 2.26 bits per heavy atom. The smallest absolute Gasteiger partial charge is 0.336 e. The molecule has 0 aliphatic heterocycles. The van der Waals surface area contributed by atoms with Gasteiger partial charge in [-0.15, -0.1) is 0 Å². The highest BCUT2D eigenvalue weighted by Crippen LogP contribution is 2.29. The van der Waals surface area contributed by atoms with Crippen molar-refractivity contribution in [3.05, 3.63) is 69.1 Å². The number of rotatable bonds is 8. The van der Waals surface area contributed by atoms with Crippen molar-refractivity contribution < 1.29 is 28.2 Å². The molecule has 1 aliphatic rings. The number of carbonyl (C=O) groups is 2. The molecule has 35 heavy (non-hydrogen) atoms. The molecule has 1 aromatic heterocycles. The van der Waals surface area contributed by atoms with Crippen molar-refractivity contribution in [1.82, 2.24) is 5.32 Å². The molecule has 1 amide bonds. The molecular formula is C27H29NO7. The van der Waals surface area contributed by atoms with Gasteiger partial charge in [-0.3, -0.25) is 4.79 Å². The first kappa shape index (κ1) is 24.3. The number of carbonyl (C=O) groups excluding carboxylic acids is 2. The average Bonchev–Trinajstić information content (AvgIpc) is 3.30. The van der Waals surface area contributed by atoms with Crippen LogP contribution in [0, 0.1) is 5.92 Å². The van der Waals surface area contributed by atoms with E-state index in [1.165, 1.54) is 31.4 Å². The van der Waals surface area contributed by atoms with Gasteiger partial charge in [0.15, 0.2) is 0 Å². The Morgan fingerprint density at radius 1 is 0.971 bits per heavy atom. The zero-order valence-electron chi connectivity index (χ0n) is 20.3. The van der Waals surface area contributed by atoms with Crippen molar-refractivity contribution in [1.29, 1.82) is 0 Å². The molecule has 0 bridgehead atoms. The predicted molar refractivity (Wildman–Crippen MR) is 130 cm³/mol. The van der Waals surface area contributed by atoms with Crippen LogP contribution in [0.15, 0.2) is 45.6 Å². The molecule has 3 aromatic rings. The predicted octanol–water partition coefficient (Wildman–Crippen LogP) is 3.80. The van der Waals surface area contributed by atoms with Crippen molar-refractivity contribution in [3.63, 3.8) is 0 Å². The molecule has 0 saturated heterocycles. The largest absolute Gasteiger partial charge is 0.497 e. The number of amides is 1. The zero-order chi connectivity index (χ0) is 25.1. The minimum absolute atomic E-state index is 0.105. The maximum Gasteiger partial charge on any atom is 0.336 e. The maximum atomic E-state index is 13.0. The Morgan fingerprint density at radius 2 is 1.63 bits per heavy atom. The first-order valence-electron chi connectivity index (χ1n) is 11.6. The summed E-state index contributed by atoms with van der Waals surface area (Å²) in [5.41, 5.74) is 3.27. The van der Waals surface area contributed by atoms with E-state index in [-0.39, 0.29) is 12.5 Å². The monoisotopic (exact) mass is 479 g/mol. The Hall–Kier alpha value is -3.81. The molecule has 1 aliphatic carbocycles. The molecule has 4 rings (SSSR count). The van der Waals surface area contributed by atoms with Crippen LogP contribution < -0.4 is 20.4 Å². The third-order valence-electron chi connectivity index (χ3n) is 6.23. The van der Waals surface area contributed by atoms with Crippen LogP contribution in [-0.2, 0) is 29.0 Å². The number of aryl methyl sites for hydroxylation is 2. The molecule has 1 N–H and O–H groups in total. The fraction of sp³-hybridized carbons (Fsp3) is 0.370. The Kier molecular flexibility index (Phi) is 7.10. The zero-order valence-corrected chi connectivity index (χ0v) is 20.3. The minimum Gasteiger partial charge on any atom is -0.497 e. The van der Waals surface area contributed by atoms with E-state index in [4.69, 9.17) is 18.6 Å². The summed E-state index contributed by atoms with van der Waals surface area (Å²) in [5.74, 6) is -0.372. The summed E-state index contributed by atoms with van der Waals surface area (Å²) in [4.78, 5) is 38.0. The van der Waals surface area contributed by atoms with E-state index < -0.39 is 23.5 Å². The van der Waals surface area contributed by atoms with E-state index in [0.717, 1.165) is 24.6 Å². The summed E-state index contributed by atoms with van der Waals surface area (Å²) < 4.78 is 21.4. The van der Waals surface area contributed by atoms with E-state index in [9.17, 15) is 14.4 Å². The summed E-state index contributed by atoms with van der Waals surface area (Å²) in [6.07, 6.45) is 3.00. The normalized spacial score (nSPS) is 13.4. The second-order valence-electron chi connectivity index (χ2n) is 8.97. The van der Waals surface area contributed by atoms with E-state index in [1.54, 1.807) is 18.2 Å². The fourth-order valence-electron chi connectivity index (χ4n) is 4.31. The minimum atomic E-state index is -0.893. The average molecular weight is 480 g/mol. The molecule has 0 radical (unpaired) electrons. The van der Waals surface area contributed by atoms with Crippen molar-refractivity contribution in [2.24, 2.45) is 5.92 Å². The first-order valence-corrected chi connectivity index (χ1v) is 11.6. The summed E-state index contributed by atoms with van der Waals surface area (Å²) in [6, 6.07) is 9.16. The number of ether oxygens (including phenoxy) is 3. The van der Waals surface area contributed by atoms with E-state index in [0.29, 0.717) is 28.2 Å². The maximum absolute atomic E-state index is 13.0. The van der Waals surface area contributed by atoms with Gasteiger partial charge >= 0.3 is 11.6 Å².